The maximum absolute atomic E-state index is 11.7. The Hall–Kier alpha value is -3.35. The van der Waals surface area contributed by atoms with Crippen LogP contribution in [-0.2, 0) is 11.3 Å². The van der Waals surface area contributed by atoms with Crippen molar-refractivity contribution in [3.63, 3.8) is 0 Å². The summed E-state index contributed by atoms with van der Waals surface area (Å²) in [5.74, 6) is 2.39. The minimum Gasteiger partial charge on any atom is -0.489 e. The van der Waals surface area contributed by atoms with Gasteiger partial charge >= 0.3 is 5.97 Å². The second kappa shape index (κ2) is 10.1. The first kappa shape index (κ1) is 25.0. The van der Waals surface area contributed by atoms with Crippen molar-refractivity contribution in [3.8, 4) is 17.0 Å². The summed E-state index contributed by atoms with van der Waals surface area (Å²) < 4.78 is 16.8. The molecular weight excluding hydrogens is 523 g/mol. The number of aryl methyl sites for hydroxylation is 1. The molecule has 194 valence electrons. The van der Waals surface area contributed by atoms with Gasteiger partial charge in [-0.05, 0) is 85.0 Å². The normalized spacial score (nSPS) is 18.3. The lowest BCUT2D eigenvalue weighted by atomic mass is 10.0. The molecule has 2 unspecified atom stereocenters. The number of halogens is 2. The molecular formula is C30H26Cl2N2O4. The van der Waals surface area contributed by atoms with Gasteiger partial charge in [-0.15, -0.1) is 0 Å². The van der Waals surface area contributed by atoms with Crippen molar-refractivity contribution in [1.82, 2.24) is 10.1 Å². The van der Waals surface area contributed by atoms with Crippen LogP contribution < -0.4 is 4.74 Å². The molecule has 0 bridgehead atoms. The first-order valence-electron chi connectivity index (χ1n) is 12.6. The van der Waals surface area contributed by atoms with E-state index in [1.165, 1.54) is 18.2 Å². The van der Waals surface area contributed by atoms with Gasteiger partial charge in [0.15, 0.2) is 0 Å². The third-order valence-corrected chi connectivity index (χ3v) is 8.02. The zero-order chi connectivity index (χ0) is 26.4. The van der Waals surface area contributed by atoms with E-state index < -0.39 is 5.97 Å². The van der Waals surface area contributed by atoms with E-state index in [0.29, 0.717) is 51.4 Å². The van der Waals surface area contributed by atoms with Gasteiger partial charge in [0.05, 0.1) is 22.7 Å². The van der Waals surface area contributed by atoms with Crippen LogP contribution in [0.25, 0.3) is 11.3 Å². The van der Waals surface area contributed by atoms with Gasteiger partial charge < -0.3 is 14.0 Å². The molecule has 2 atom stereocenters. The lowest BCUT2D eigenvalue weighted by Gasteiger charge is -2.12. The van der Waals surface area contributed by atoms with E-state index in [4.69, 9.17) is 37.2 Å². The Labute approximate surface area is 230 Å². The van der Waals surface area contributed by atoms with Gasteiger partial charge in [-0.25, -0.2) is 9.78 Å². The molecule has 8 heteroatoms. The number of nitrogens with zero attached hydrogens (tertiary/aromatic N) is 2. The van der Waals surface area contributed by atoms with Crippen LogP contribution in [-0.4, -0.2) is 23.2 Å². The fourth-order valence-corrected chi connectivity index (χ4v) is 5.69. The van der Waals surface area contributed by atoms with Crippen LogP contribution in [0.15, 0.2) is 59.3 Å². The fourth-order valence-electron chi connectivity index (χ4n) is 5.11. The van der Waals surface area contributed by atoms with Crippen LogP contribution in [0.2, 0.25) is 10.0 Å². The number of carbonyl (C=O) groups is 1. The number of hydrogen-bond donors (Lipinski definition) is 0. The van der Waals surface area contributed by atoms with Crippen molar-refractivity contribution >= 4 is 29.2 Å². The molecule has 0 N–H and O–H groups in total. The number of benzene rings is 2. The lowest BCUT2D eigenvalue weighted by molar-refractivity contribution is 0.0594. The number of carbonyl (C=O) groups excluding carboxylic acids is 1. The summed E-state index contributed by atoms with van der Waals surface area (Å²) in [6.07, 6.45) is 4.99. The van der Waals surface area contributed by atoms with Crippen LogP contribution in [0.4, 0.5) is 0 Å². The number of rotatable bonds is 8. The maximum Gasteiger partial charge on any atom is 0.356 e. The molecule has 2 saturated carbocycles. The van der Waals surface area contributed by atoms with Crippen LogP contribution >= 0.6 is 23.2 Å². The zero-order valence-electron chi connectivity index (χ0n) is 21.0. The summed E-state index contributed by atoms with van der Waals surface area (Å²) in [5.41, 5.74) is 6.14. The van der Waals surface area contributed by atoms with Gasteiger partial charge in [-0.1, -0.05) is 46.6 Å². The monoisotopic (exact) mass is 548 g/mol. The number of esters is 1. The van der Waals surface area contributed by atoms with E-state index in [-0.39, 0.29) is 0 Å². The molecule has 0 radical (unpaired) electrons. The molecule has 6 nitrogen and oxygen atoms in total. The molecule has 0 spiro atoms. The molecule has 2 aromatic carbocycles. The molecule has 2 aromatic heterocycles. The average Bonchev–Trinajstić information content (AvgIpc) is 3.85. The first-order valence-corrected chi connectivity index (χ1v) is 13.4. The smallest absolute Gasteiger partial charge is 0.356 e. The first-order chi connectivity index (χ1) is 18.4. The number of pyridine rings is 1. The van der Waals surface area contributed by atoms with E-state index in [2.05, 4.69) is 29.2 Å². The Kier molecular flexibility index (Phi) is 6.62. The molecule has 0 amide bonds. The third-order valence-electron chi connectivity index (χ3n) is 7.39. The van der Waals surface area contributed by atoms with Crippen LogP contribution in [0.3, 0.4) is 0 Å². The molecule has 2 heterocycles. The molecule has 0 aliphatic heterocycles. The van der Waals surface area contributed by atoms with Gasteiger partial charge in [0.2, 0.25) is 0 Å². The van der Waals surface area contributed by atoms with Crippen molar-refractivity contribution in [2.75, 3.05) is 7.11 Å². The zero-order valence-corrected chi connectivity index (χ0v) is 22.6. The van der Waals surface area contributed by atoms with Crippen LogP contribution in [0.1, 0.15) is 75.5 Å². The number of hydrogen-bond acceptors (Lipinski definition) is 6. The van der Waals surface area contributed by atoms with Crippen LogP contribution in [0, 0.1) is 6.92 Å². The molecule has 6 rings (SSSR count). The van der Waals surface area contributed by atoms with Crippen molar-refractivity contribution in [1.29, 1.82) is 0 Å². The van der Waals surface area contributed by atoms with Crippen molar-refractivity contribution in [2.24, 2.45) is 0 Å². The second-order valence-electron chi connectivity index (χ2n) is 9.97. The average molecular weight is 549 g/mol. The standard InChI is InChI=1S/C30H26Cl2N2O4/c1-16-12-19(9-10-20(16)22-13-21(22)18-8-11-26(33-14-18)30(35)36-2)37-15-23-28(34-38-29(23)17-6-7-17)27-24(31)4-3-5-25(27)32/h3-5,8-12,14,17,21-22H,6-7,13,15H2,1-2H3. The largest absolute Gasteiger partial charge is 0.489 e. The van der Waals surface area contributed by atoms with E-state index in [1.54, 1.807) is 24.4 Å². The number of ether oxygens (including phenoxy) is 2. The Bertz CT molecular complexity index is 1490. The van der Waals surface area contributed by atoms with E-state index in [9.17, 15) is 4.79 Å². The summed E-state index contributed by atoms with van der Waals surface area (Å²) >= 11 is 13.0. The Morgan fingerprint density at radius 2 is 1.87 bits per heavy atom. The Morgan fingerprint density at radius 3 is 2.53 bits per heavy atom. The summed E-state index contributed by atoms with van der Waals surface area (Å²) in [5, 5.41) is 5.41. The predicted molar refractivity (Wildman–Crippen MR) is 145 cm³/mol. The van der Waals surface area contributed by atoms with Crippen molar-refractivity contribution in [3.05, 3.63) is 98.5 Å². The third kappa shape index (κ3) is 4.79. The van der Waals surface area contributed by atoms with Crippen molar-refractivity contribution in [2.45, 2.75) is 50.5 Å². The van der Waals surface area contributed by atoms with Gasteiger partial charge in [-0.2, -0.15) is 0 Å². The predicted octanol–water partition coefficient (Wildman–Crippen LogP) is 7.87. The molecule has 0 saturated heterocycles. The minimum absolute atomic E-state index is 0.315. The maximum atomic E-state index is 11.7. The lowest BCUT2D eigenvalue weighted by Crippen LogP contribution is -2.04. The van der Waals surface area contributed by atoms with E-state index in [1.807, 2.05) is 18.2 Å². The summed E-state index contributed by atoms with van der Waals surface area (Å²) in [4.78, 5) is 15.9. The van der Waals surface area contributed by atoms with Gasteiger partial charge in [0.1, 0.15) is 29.5 Å². The van der Waals surface area contributed by atoms with E-state index >= 15 is 0 Å². The molecule has 2 fully saturated rings. The quantitative estimate of drug-likeness (QED) is 0.208. The highest BCUT2D eigenvalue weighted by Crippen LogP contribution is 2.55. The highest BCUT2D eigenvalue weighted by atomic mass is 35.5. The van der Waals surface area contributed by atoms with E-state index in [0.717, 1.165) is 41.9 Å². The molecule has 4 aromatic rings. The van der Waals surface area contributed by atoms with Crippen LogP contribution in [0.5, 0.6) is 5.75 Å². The molecule has 2 aliphatic carbocycles. The van der Waals surface area contributed by atoms with Gasteiger partial charge in [0.25, 0.3) is 0 Å². The SMILES string of the molecule is COC(=O)c1ccc(C2CC2c2ccc(OCc3c(-c4c(Cl)cccc4Cl)noc3C3CC3)cc2C)cn1. The molecule has 2 aliphatic rings. The number of aromatic nitrogens is 2. The number of methoxy groups -OCH3 is 1. The van der Waals surface area contributed by atoms with Gasteiger partial charge in [-0.3, -0.25) is 0 Å². The Balaban J connectivity index is 1.18. The van der Waals surface area contributed by atoms with Gasteiger partial charge in [0, 0.05) is 17.7 Å². The minimum atomic E-state index is -0.423. The second-order valence-corrected chi connectivity index (χ2v) is 10.8. The summed E-state index contributed by atoms with van der Waals surface area (Å²) in [6.45, 7) is 2.43. The Morgan fingerprint density at radius 1 is 1.08 bits per heavy atom. The fraction of sp³-hybridized carbons (Fsp3) is 0.300. The highest BCUT2D eigenvalue weighted by Gasteiger charge is 2.40. The summed E-state index contributed by atoms with van der Waals surface area (Å²) in [6, 6.07) is 15.4. The van der Waals surface area contributed by atoms with Crippen molar-refractivity contribution < 1.29 is 18.8 Å². The topological polar surface area (TPSA) is 74.5 Å². The molecule has 38 heavy (non-hydrogen) atoms. The summed E-state index contributed by atoms with van der Waals surface area (Å²) in [7, 11) is 1.36. The highest BCUT2D eigenvalue weighted by molar-refractivity contribution is 6.39.